The molecule has 0 rings (SSSR count). The minimum atomic E-state index is -4.53. The molecule has 86 valence electrons. The lowest BCUT2D eigenvalue weighted by molar-refractivity contribution is -0.163. The minimum absolute atomic E-state index is 0.424. The highest BCUT2D eigenvalue weighted by Crippen LogP contribution is 2.17. The molecule has 0 aliphatic heterocycles. The summed E-state index contributed by atoms with van der Waals surface area (Å²) in [5, 5.41) is 16.9. The molecular formula is C8H11F3N2O2. The van der Waals surface area contributed by atoms with Gasteiger partial charge in [-0.25, -0.2) is 0 Å². The Kier molecular flexibility index (Phi) is 5.08. The second kappa shape index (κ2) is 5.56. The first-order valence-electron chi connectivity index (χ1n) is 4.18. The third-order valence-corrected chi connectivity index (χ3v) is 1.62. The van der Waals surface area contributed by atoms with Crippen LogP contribution in [-0.2, 0) is 4.79 Å². The van der Waals surface area contributed by atoms with Crippen molar-refractivity contribution >= 4 is 5.91 Å². The van der Waals surface area contributed by atoms with Gasteiger partial charge in [0.2, 0.25) is 5.91 Å². The molecular weight excluding hydrogens is 213 g/mol. The number of rotatable bonds is 4. The van der Waals surface area contributed by atoms with Crippen LogP contribution in [0.15, 0.2) is 0 Å². The molecule has 4 nitrogen and oxygen atoms in total. The third-order valence-electron chi connectivity index (χ3n) is 1.62. The summed E-state index contributed by atoms with van der Waals surface area (Å²) in [5.41, 5.74) is 0. The maximum Gasteiger partial charge on any atom is 0.406 e. The molecule has 0 saturated carbocycles. The molecule has 0 spiro atoms. The summed E-state index contributed by atoms with van der Waals surface area (Å²) in [7, 11) is 0. The van der Waals surface area contributed by atoms with E-state index in [1.165, 1.54) is 6.92 Å². The first kappa shape index (κ1) is 13.7. The van der Waals surface area contributed by atoms with Crippen LogP contribution in [0.25, 0.3) is 0 Å². The van der Waals surface area contributed by atoms with Crippen molar-refractivity contribution in [3.05, 3.63) is 0 Å². The number of carbonyl (C=O) groups is 1. The van der Waals surface area contributed by atoms with Gasteiger partial charge < -0.3 is 10.0 Å². The molecule has 0 saturated heterocycles. The molecule has 1 amide bonds. The lowest BCUT2D eigenvalue weighted by atomic mass is 10.2. The molecule has 0 fully saturated rings. The molecule has 0 aromatic heterocycles. The zero-order chi connectivity index (χ0) is 12.1. The number of aliphatic hydroxyl groups excluding tert-OH is 1. The fraction of sp³-hybridized carbons (Fsp3) is 0.750. The van der Waals surface area contributed by atoms with E-state index in [1.807, 2.05) is 0 Å². The van der Waals surface area contributed by atoms with E-state index in [1.54, 1.807) is 6.07 Å². The van der Waals surface area contributed by atoms with E-state index in [0.717, 1.165) is 0 Å². The maximum absolute atomic E-state index is 12.0. The number of nitriles is 1. The van der Waals surface area contributed by atoms with Gasteiger partial charge in [-0.15, -0.1) is 0 Å². The first-order valence-corrected chi connectivity index (χ1v) is 4.18. The molecule has 0 aliphatic rings. The predicted octanol–water partition coefficient (Wildman–Crippen LogP) is 0.529. The molecule has 1 unspecified atom stereocenters. The number of amides is 1. The van der Waals surface area contributed by atoms with Crippen molar-refractivity contribution in [2.24, 2.45) is 5.92 Å². The van der Waals surface area contributed by atoms with Crippen molar-refractivity contribution in [1.29, 1.82) is 5.26 Å². The van der Waals surface area contributed by atoms with Gasteiger partial charge in [-0.3, -0.25) is 4.79 Å². The van der Waals surface area contributed by atoms with Gasteiger partial charge in [0.1, 0.15) is 12.5 Å². The normalized spacial score (nSPS) is 13.1. The Hall–Kier alpha value is -1.29. The van der Waals surface area contributed by atoms with Crippen LogP contribution < -0.4 is 0 Å². The largest absolute Gasteiger partial charge is 0.406 e. The van der Waals surface area contributed by atoms with Crippen LogP contribution in [0, 0.1) is 17.2 Å². The molecule has 0 heterocycles. The van der Waals surface area contributed by atoms with Gasteiger partial charge in [-0.2, -0.15) is 18.4 Å². The number of aliphatic hydroxyl groups is 1. The summed E-state index contributed by atoms with van der Waals surface area (Å²) in [6.07, 6.45) is -4.53. The van der Waals surface area contributed by atoms with Crippen LogP contribution in [0.2, 0.25) is 0 Å². The van der Waals surface area contributed by atoms with Gasteiger partial charge in [0.25, 0.3) is 0 Å². The molecule has 15 heavy (non-hydrogen) atoms. The van der Waals surface area contributed by atoms with Crippen molar-refractivity contribution in [2.75, 3.05) is 19.7 Å². The van der Waals surface area contributed by atoms with E-state index in [2.05, 4.69) is 0 Å². The Morgan fingerprint density at radius 2 is 2.13 bits per heavy atom. The Morgan fingerprint density at radius 3 is 2.47 bits per heavy atom. The SMILES string of the molecule is CC(C#N)C(=O)N(CCO)CC(F)(F)F. The zero-order valence-corrected chi connectivity index (χ0v) is 8.08. The van der Waals surface area contributed by atoms with Crippen LogP contribution in [0.4, 0.5) is 13.2 Å². The Labute approximate surface area is 84.9 Å². The van der Waals surface area contributed by atoms with Gasteiger partial charge in [-0.1, -0.05) is 0 Å². The summed E-state index contributed by atoms with van der Waals surface area (Å²) in [4.78, 5) is 11.7. The Balaban J connectivity index is 4.53. The van der Waals surface area contributed by atoms with E-state index in [4.69, 9.17) is 10.4 Å². The standard InChI is InChI=1S/C8H11F3N2O2/c1-6(4-12)7(15)13(2-3-14)5-8(9,10)11/h6,14H,2-3,5H2,1H3. The molecule has 0 radical (unpaired) electrons. The average molecular weight is 224 g/mol. The molecule has 0 aromatic carbocycles. The Morgan fingerprint density at radius 1 is 1.60 bits per heavy atom. The summed E-state index contributed by atoms with van der Waals surface area (Å²) < 4.78 is 36.0. The predicted molar refractivity (Wildman–Crippen MR) is 44.5 cm³/mol. The van der Waals surface area contributed by atoms with Gasteiger partial charge >= 0.3 is 6.18 Å². The van der Waals surface area contributed by atoms with Crippen molar-refractivity contribution in [1.82, 2.24) is 4.90 Å². The Bertz CT molecular complexity index is 260. The molecule has 1 atom stereocenters. The number of hydrogen-bond acceptors (Lipinski definition) is 3. The lowest BCUT2D eigenvalue weighted by Crippen LogP contribution is -2.42. The highest BCUT2D eigenvalue weighted by molar-refractivity contribution is 5.80. The molecule has 0 aliphatic carbocycles. The second-order valence-corrected chi connectivity index (χ2v) is 2.95. The highest BCUT2D eigenvalue weighted by Gasteiger charge is 2.34. The summed E-state index contributed by atoms with van der Waals surface area (Å²) in [6.45, 7) is -1.23. The van der Waals surface area contributed by atoms with E-state index >= 15 is 0 Å². The van der Waals surface area contributed by atoms with Crippen molar-refractivity contribution in [3.63, 3.8) is 0 Å². The van der Waals surface area contributed by atoms with E-state index < -0.39 is 37.7 Å². The number of nitrogens with zero attached hydrogens (tertiary/aromatic N) is 2. The van der Waals surface area contributed by atoms with Crippen molar-refractivity contribution in [3.8, 4) is 6.07 Å². The first-order chi connectivity index (χ1) is 6.81. The number of alkyl halides is 3. The van der Waals surface area contributed by atoms with Gasteiger partial charge in [0, 0.05) is 6.54 Å². The smallest absolute Gasteiger partial charge is 0.395 e. The van der Waals surface area contributed by atoms with Crippen LogP contribution >= 0.6 is 0 Å². The van der Waals surface area contributed by atoms with Crippen LogP contribution in [0.3, 0.4) is 0 Å². The summed E-state index contributed by atoms with van der Waals surface area (Å²) in [5.74, 6) is -2.07. The summed E-state index contributed by atoms with van der Waals surface area (Å²) in [6, 6.07) is 1.55. The van der Waals surface area contributed by atoms with Crippen molar-refractivity contribution in [2.45, 2.75) is 13.1 Å². The monoisotopic (exact) mass is 224 g/mol. The van der Waals surface area contributed by atoms with Crippen molar-refractivity contribution < 1.29 is 23.1 Å². The molecule has 0 aromatic rings. The zero-order valence-electron chi connectivity index (χ0n) is 8.08. The molecule has 7 heteroatoms. The van der Waals surface area contributed by atoms with Gasteiger partial charge in [-0.05, 0) is 6.92 Å². The summed E-state index contributed by atoms with van der Waals surface area (Å²) >= 11 is 0. The number of halogens is 3. The highest BCUT2D eigenvalue weighted by atomic mass is 19.4. The van der Waals surface area contributed by atoms with E-state index in [9.17, 15) is 18.0 Å². The van der Waals surface area contributed by atoms with Crippen LogP contribution in [-0.4, -0.2) is 41.8 Å². The fourth-order valence-corrected chi connectivity index (χ4v) is 0.933. The quantitative estimate of drug-likeness (QED) is 0.757. The van der Waals surface area contributed by atoms with Crippen LogP contribution in [0.5, 0.6) is 0 Å². The average Bonchev–Trinajstić information content (AvgIpc) is 2.13. The topological polar surface area (TPSA) is 64.3 Å². The van der Waals surface area contributed by atoms with Gasteiger partial charge in [0.05, 0.1) is 12.7 Å². The number of hydrogen-bond donors (Lipinski definition) is 1. The van der Waals surface area contributed by atoms with Gasteiger partial charge in [0.15, 0.2) is 0 Å². The van der Waals surface area contributed by atoms with E-state index in [-0.39, 0.29) is 0 Å². The molecule has 1 N–H and O–H groups in total. The van der Waals surface area contributed by atoms with E-state index in [0.29, 0.717) is 4.90 Å². The fourth-order valence-electron chi connectivity index (χ4n) is 0.933. The number of carbonyl (C=O) groups excluding carboxylic acids is 1. The minimum Gasteiger partial charge on any atom is -0.395 e. The maximum atomic E-state index is 12.0. The lowest BCUT2D eigenvalue weighted by Gasteiger charge is -2.23. The van der Waals surface area contributed by atoms with Crippen LogP contribution in [0.1, 0.15) is 6.92 Å². The third kappa shape index (κ3) is 5.22. The molecule has 0 bridgehead atoms. The second-order valence-electron chi connectivity index (χ2n) is 2.95.